The number of hydrogen-bond acceptors (Lipinski definition) is 4. The predicted octanol–water partition coefficient (Wildman–Crippen LogP) is 14.2. The average Bonchev–Trinajstić information content (AvgIpc) is 3.28. The van der Waals surface area contributed by atoms with Gasteiger partial charge >= 0.3 is 0 Å². The van der Waals surface area contributed by atoms with Crippen LogP contribution in [-0.2, 0) is 9.59 Å². The van der Waals surface area contributed by atoms with Crippen LogP contribution in [0.25, 0.3) is 21.5 Å². The van der Waals surface area contributed by atoms with E-state index in [0.29, 0.717) is 25.7 Å². The van der Waals surface area contributed by atoms with Crippen LogP contribution < -0.4 is 10.6 Å². The molecule has 0 aliphatic rings. The highest BCUT2D eigenvalue weighted by Crippen LogP contribution is 2.43. The first kappa shape index (κ1) is 49.9. The minimum absolute atomic E-state index is 0.266. The molecular weight excluding hydrogens is 753 g/mol. The molecule has 0 fully saturated rings. The van der Waals surface area contributed by atoms with Crippen molar-refractivity contribution in [1.29, 1.82) is 0 Å². The van der Waals surface area contributed by atoms with E-state index in [-0.39, 0.29) is 24.7 Å². The summed E-state index contributed by atoms with van der Waals surface area (Å²) in [4.78, 5) is 30.8. The summed E-state index contributed by atoms with van der Waals surface area (Å²) in [5.74, 6) is -0.751. The van der Waals surface area contributed by atoms with Crippen LogP contribution in [0.2, 0.25) is 0 Å². The van der Waals surface area contributed by atoms with Crippen molar-refractivity contribution in [3.05, 3.63) is 96.1 Å². The van der Waals surface area contributed by atoms with Crippen LogP contribution >= 0.6 is 0 Å². The molecule has 2 atom stereocenters. The molecule has 0 aliphatic heterocycles. The molecule has 0 bridgehead atoms. The standard InChI is InChI=1S/C55H82N2O4/c1-7-13-17-25-39-54(60,40-26-18-14-8-2)49(47-37-29-33-43-31-21-23-35-45(43)47)56-51(58)53(11-5,12-6)52(59)57-50(48-38-30-34-44-32-22-24-36-46(44)48)55(61,41-27-19-15-9-3)42-28-20-16-10-4/h21-24,29-38,49-50,60-61H,7-20,25-28,39-42H2,1-6H3,(H,56,58)(H,57,59)/t49-,50-/m0/s1. The van der Waals surface area contributed by atoms with Crippen molar-refractivity contribution in [3.8, 4) is 0 Å². The summed E-state index contributed by atoms with van der Waals surface area (Å²) >= 11 is 0. The zero-order valence-corrected chi connectivity index (χ0v) is 39.0. The summed E-state index contributed by atoms with van der Waals surface area (Å²) < 4.78 is 0. The Bertz CT molecular complexity index is 1730. The molecule has 0 aromatic heterocycles. The van der Waals surface area contributed by atoms with Gasteiger partial charge in [-0.15, -0.1) is 0 Å². The van der Waals surface area contributed by atoms with Gasteiger partial charge in [0.25, 0.3) is 0 Å². The highest BCUT2D eigenvalue weighted by molar-refractivity contribution is 6.05. The van der Waals surface area contributed by atoms with E-state index in [0.717, 1.165) is 135 Å². The van der Waals surface area contributed by atoms with E-state index in [1.54, 1.807) is 0 Å². The average molecular weight is 835 g/mol. The molecule has 0 heterocycles. The van der Waals surface area contributed by atoms with Crippen molar-refractivity contribution in [2.45, 2.75) is 206 Å². The van der Waals surface area contributed by atoms with E-state index >= 15 is 9.59 Å². The number of amides is 2. The number of fused-ring (bicyclic) bond motifs is 2. The van der Waals surface area contributed by atoms with Crippen LogP contribution in [0.1, 0.15) is 206 Å². The minimum Gasteiger partial charge on any atom is -0.387 e. The van der Waals surface area contributed by atoms with Crippen LogP contribution in [0.15, 0.2) is 84.9 Å². The Morgan fingerprint density at radius 1 is 0.443 bits per heavy atom. The Balaban J connectivity index is 1.83. The fraction of sp³-hybridized carbons (Fsp3) is 0.600. The molecule has 0 radical (unpaired) electrons. The maximum absolute atomic E-state index is 15.4. The second-order valence-corrected chi connectivity index (χ2v) is 18.2. The van der Waals surface area contributed by atoms with E-state index in [4.69, 9.17) is 0 Å². The van der Waals surface area contributed by atoms with Gasteiger partial charge in [0.1, 0.15) is 5.41 Å². The molecule has 6 heteroatoms. The third kappa shape index (κ3) is 13.1. The highest BCUT2D eigenvalue weighted by Gasteiger charge is 2.49. The van der Waals surface area contributed by atoms with E-state index in [9.17, 15) is 10.2 Å². The quantitative estimate of drug-likeness (QED) is 0.0311. The summed E-state index contributed by atoms with van der Waals surface area (Å²) in [6.45, 7) is 12.6. The lowest BCUT2D eigenvalue weighted by atomic mass is 9.75. The van der Waals surface area contributed by atoms with Gasteiger partial charge in [-0.1, -0.05) is 229 Å². The minimum atomic E-state index is -1.46. The number of rotatable bonds is 30. The van der Waals surface area contributed by atoms with Crippen LogP contribution in [-0.4, -0.2) is 33.2 Å². The van der Waals surface area contributed by atoms with E-state index < -0.39 is 28.7 Å². The van der Waals surface area contributed by atoms with Gasteiger partial charge < -0.3 is 20.8 Å². The third-order valence-corrected chi connectivity index (χ3v) is 13.8. The lowest BCUT2D eigenvalue weighted by molar-refractivity contribution is -0.148. The summed E-state index contributed by atoms with van der Waals surface area (Å²) in [6.07, 6.45) is 18.9. The molecule has 0 unspecified atom stereocenters. The van der Waals surface area contributed by atoms with Gasteiger partial charge in [0.15, 0.2) is 0 Å². The number of hydrogen-bond donors (Lipinski definition) is 4. The van der Waals surface area contributed by atoms with Crippen LogP contribution in [0.5, 0.6) is 0 Å². The zero-order chi connectivity index (χ0) is 44.1. The second kappa shape index (κ2) is 25.4. The molecule has 0 saturated carbocycles. The molecule has 2 amide bonds. The van der Waals surface area contributed by atoms with Gasteiger partial charge in [-0.25, -0.2) is 0 Å². The molecule has 4 aromatic carbocycles. The van der Waals surface area contributed by atoms with Crippen molar-refractivity contribution in [2.75, 3.05) is 0 Å². The fourth-order valence-corrected chi connectivity index (χ4v) is 9.80. The molecule has 4 N–H and O–H groups in total. The van der Waals surface area contributed by atoms with E-state index in [1.165, 1.54) is 0 Å². The number of carbonyl (C=O) groups excluding carboxylic acids is 2. The first-order valence-electron chi connectivity index (χ1n) is 24.6. The highest BCUT2D eigenvalue weighted by atomic mass is 16.3. The van der Waals surface area contributed by atoms with Gasteiger partial charge in [0.2, 0.25) is 11.8 Å². The van der Waals surface area contributed by atoms with Crippen molar-refractivity contribution < 1.29 is 19.8 Å². The number of aliphatic hydroxyl groups is 2. The molecule has 0 aliphatic carbocycles. The maximum Gasteiger partial charge on any atom is 0.236 e. The molecule has 6 nitrogen and oxygen atoms in total. The van der Waals surface area contributed by atoms with Gasteiger partial charge in [-0.2, -0.15) is 0 Å². The third-order valence-electron chi connectivity index (χ3n) is 13.8. The zero-order valence-electron chi connectivity index (χ0n) is 39.0. The van der Waals surface area contributed by atoms with Crippen molar-refractivity contribution >= 4 is 33.4 Å². The smallest absolute Gasteiger partial charge is 0.236 e. The Hall–Kier alpha value is -3.74. The molecule has 336 valence electrons. The van der Waals surface area contributed by atoms with E-state index in [1.807, 2.05) is 62.4 Å². The van der Waals surface area contributed by atoms with Crippen molar-refractivity contribution in [3.63, 3.8) is 0 Å². The molecule has 0 spiro atoms. The largest absolute Gasteiger partial charge is 0.387 e. The Morgan fingerprint density at radius 3 is 1.07 bits per heavy atom. The molecular formula is C55H82N2O4. The van der Waals surface area contributed by atoms with Gasteiger partial charge in [-0.05, 0) is 71.2 Å². The lowest BCUT2D eigenvalue weighted by Gasteiger charge is -2.42. The van der Waals surface area contributed by atoms with Crippen LogP contribution in [0.4, 0.5) is 0 Å². The Morgan fingerprint density at radius 2 is 0.754 bits per heavy atom. The fourth-order valence-electron chi connectivity index (χ4n) is 9.80. The summed E-state index contributed by atoms with van der Waals surface area (Å²) in [5.41, 5.74) is -2.16. The predicted molar refractivity (Wildman–Crippen MR) is 258 cm³/mol. The molecule has 61 heavy (non-hydrogen) atoms. The number of carbonyl (C=O) groups is 2. The number of nitrogens with one attached hydrogen (secondary N) is 2. The Kier molecular flexibility index (Phi) is 20.8. The first-order chi connectivity index (χ1) is 29.6. The SMILES string of the molecule is CCCCCCC(O)(CCCCCC)[C@@H](NC(=O)C(CC)(CC)C(=O)N[C@@H](c1cccc2ccccc12)C(O)(CCCCCC)CCCCCC)c1cccc2ccccc12. The Labute approximate surface area is 370 Å². The van der Waals surface area contributed by atoms with Crippen LogP contribution in [0, 0.1) is 5.41 Å². The van der Waals surface area contributed by atoms with Gasteiger partial charge in [-0.3, -0.25) is 9.59 Å². The second-order valence-electron chi connectivity index (χ2n) is 18.2. The van der Waals surface area contributed by atoms with E-state index in [2.05, 4.69) is 74.7 Å². The topological polar surface area (TPSA) is 98.7 Å². The summed E-state index contributed by atoms with van der Waals surface area (Å²) in [6, 6.07) is 27.2. The van der Waals surface area contributed by atoms with Gasteiger partial charge in [0, 0.05) is 0 Å². The lowest BCUT2D eigenvalue weighted by Crippen LogP contribution is -2.57. The van der Waals surface area contributed by atoms with Crippen molar-refractivity contribution in [1.82, 2.24) is 10.6 Å². The molecule has 4 aromatic rings. The molecule has 0 saturated heterocycles. The van der Waals surface area contributed by atoms with Crippen molar-refractivity contribution in [2.24, 2.45) is 5.41 Å². The summed E-state index contributed by atoms with van der Waals surface area (Å²) in [5, 5.41) is 37.1. The first-order valence-corrected chi connectivity index (χ1v) is 24.6. The normalized spacial score (nSPS) is 13.4. The number of unbranched alkanes of at least 4 members (excludes halogenated alkanes) is 12. The monoisotopic (exact) mass is 835 g/mol. The summed E-state index contributed by atoms with van der Waals surface area (Å²) in [7, 11) is 0. The maximum atomic E-state index is 15.4. The molecule has 4 rings (SSSR count). The van der Waals surface area contributed by atoms with Gasteiger partial charge in [0.05, 0.1) is 23.3 Å². The van der Waals surface area contributed by atoms with Crippen LogP contribution in [0.3, 0.4) is 0 Å². The number of benzene rings is 4.